The fraction of sp³-hybridized carbons (Fsp3) is 0.375. The summed E-state index contributed by atoms with van der Waals surface area (Å²) in [7, 11) is -3.49. The largest absolute Gasteiger partial charge is 0.387 e. The number of likely N-dealkylation sites (tertiary alicyclic amines) is 1. The quantitative estimate of drug-likeness (QED) is 0.888. The minimum absolute atomic E-state index is 0.392. The SMILES string of the molecule is NS(=O)(=O)C1CCN(CC(O)c2ccc3ccccc3c2)C1. The van der Waals surface area contributed by atoms with E-state index in [9.17, 15) is 13.5 Å². The normalized spacial score (nSPS) is 21.3. The molecule has 22 heavy (non-hydrogen) atoms. The van der Waals surface area contributed by atoms with Crippen molar-refractivity contribution in [2.75, 3.05) is 19.6 Å². The summed E-state index contributed by atoms with van der Waals surface area (Å²) in [6.45, 7) is 1.46. The second-order valence-electron chi connectivity index (χ2n) is 5.88. The van der Waals surface area contributed by atoms with E-state index >= 15 is 0 Å². The summed E-state index contributed by atoms with van der Waals surface area (Å²) in [4.78, 5) is 1.95. The van der Waals surface area contributed by atoms with Gasteiger partial charge in [-0.05, 0) is 35.4 Å². The lowest BCUT2D eigenvalue weighted by Gasteiger charge is -2.20. The van der Waals surface area contributed by atoms with Crippen LogP contribution < -0.4 is 5.14 Å². The van der Waals surface area contributed by atoms with E-state index in [0.29, 0.717) is 26.1 Å². The Morgan fingerprint density at radius 3 is 2.64 bits per heavy atom. The molecule has 3 N–H and O–H groups in total. The number of aliphatic hydroxyl groups excluding tert-OH is 1. The van der Waals surface area contributed by atoms with E-state index in [4.69, 9.17) is 5.14 Å². The van der Waals surface area contributed by atoms with E-state index in [0.717, 1.165) is 16.3 Å². The van der Waals surface area contributed by atoms with Crippen LogP contribution in [-0.4, -0.2) is 43.3 Å². The van der Waals surface area contributed by atoms with Crippen molar-refractivity contribution in [3.8, 4) is 0 Å². The first kappa shape index (κ1) is 15.4. The zero-order valence-electron chi connectivity index (χ0n) is 12.2. The summed E-state index contributed by atoms with van der Waals surface area (Å²) >= 11 is 0. The van der Waals surface area contributed by atoms with E-state index in [1.54, 1.807) is 0 Å². The van der Waals surface area contributed by atoms with Crippen LogP contribution in [0, 0.1) is 0 Å². The number of hydrogen-bond acceptors (Lipinski definition) is 4. The molecule has 0 aromatic heterocycles. The van der Waals surface area contributed by atoms with Gasteiger partial charge in [0, 0.05) is 13.1 Å². The van der Waals surface area contributed by atoms with Gasteiger partial charge in [-0.3, -0.25) is 4.90 Å². The monoisotopic (exact) mass is 320 g/mol. The van der Waals surface area contributed by atoms with Gasteiger partial charge >= 0.3 is 0 Å². The number of rotatable bonds is 4. The summed E-state index contributed by atoms with van der Waals surface area (Å²) < 4.78 is 22.7. The van der Waals surface area contributed by atoms with Crippen molar-refractivity contribution in [3.05, 3.63) is 48.0 Å². The van der Waals surface area contributed by atoms with Crippen LogP contribution >= 0.6 is 0 Å². The number of aliphatic hydroxyl groups is 1. The van der Waals surface area contributed by atoms with Gasteiger partial charge in [0.15, 0.2) is 0 Å². The van der Waals surface area contributed by atoms with E-state index in [-0.39, 0.29) is 0 Å². The molecule has 1 saturated heterocycles. The average molecular weight is 320 g/mol. The van der Waals surface area contributed by atoms with Crippen LogP contribution in [0.5, 0.6) is 0 Å². The molecule has 0 spiro atoms. The van der Waals surface area contributed by atoms with E-state index in [1.165, 1.54) is 0 Å². The third-order valence-corrected chi connectivity index (χ3v) is 5.60. The summed E-state index contributed by atoms with van der Waals surface area (Å²) in [6.07, 6.45) is -0.104. The maximum atomic E-state index is 11.4. The minimum Gasteiger partial charge on any atom is -0.387 e. The Bertz CT molecular complexity index is 776. The number of sulfonamides is 1. The highest BCUT2D eigenvalue weighted by Crippen LogP contribution is 2.23. The van der Waals surface area contributed by atoms with Crippen LogP contribution in [-0.2, 0) is 10.0 Å². The van der Waals surface area contributed by atoms with Gasteiger partial charge in [0.2, 0.25) is 10.0 Å². The highest BCUT2D eigenvalue weighted by Gasteiger charge is 2.31. The molecule has 1 aliphatic rings. The first-order valence-electron chi connectivity index (χ1n) is 7.34. The van der Waals surface area contributed by atoms with Crippen LogP contribution in [0.2, 0.25) is 0 Å². The van der Waals surface area contributed by atoms with Crippen molar-refractivity contribution in [2.24, 2.45) is 5.14 Å². The van der Waals surface area contributed by atoms with Crippen LogP contribution in [0.1, 0.15) is 18.1 Å². The molecule has 118 valence electrons. The Hall–Kier alpha value is -1.47. The van der Waals surface area contributed by atoms with Crippen LogP contribution in [0.3, 0.4) is 0 Å². The van der Waals surface area contributed by atoms with Crippen LogP contribution in [0.25, 0.3) is 10.8 Å². The van der Waals surface area contributed by atoms with Crippen molar-refractivity contribution in [2.45, 2.75) is 17.8 Å². The number of nitrogens with zero attached hydrogens (tertiary/aromatic N) is 1. The van der Waals surface area contributed by atoms with Gasteiger partial charge < -0.3 is 5.11 Å². The first-order chi connectivity index (χ1) is 10.4. The van der Waals surface area contributed by atoms with Crippen LogP contribution in [0.15, 0.2) is 42.5 Å². The lowest BCUT2D eigenvalue weighted by atomic mass is 10.0. The highest BCUT2D eigenvalue weighted by molar-refractivity contribution is 7.89. The van der Waals surface area contributed by atoms with Gasteiger partial charge in [-0.15, -0.1) is 0 Å². The van der Waals surface area contributed by atoms with Crippen molar-refractivity contribution >= 4 is 20.8 Å². The van der Waals surface area contributed by atoms with Gasteiger partial charge in [-0.1, -0.05) is 36.4 Å². The maximum absolute atomic E-state index is 11.4. The van der Waals surface area contributed by atoms with Crippen molar-refractivity contribution < 1.29 is 13.5 Å². The molecule has 0 radical (unpaired) electrons. The topological polar surface area (TPSA) is 83.6 Å². The van der Waals surface area contributed by atoms with Crippen molar-refractivity contribution in [1.82, 2.24) is 4.90 Å². The molecule has 0 aliphatic carbocycles. The Morgan fingerprint density at radius 2 is 1.95 bits per heavy atom. The van der Waals surface area contributed by atoms with E-state index in [1.807, 2.05) is 47.4 Å². The number of nitrogens with two attached hydrogens (primary N) is 1. The van der Waals surface area contributed by atoms with Gasteiger partial charge in [-0.25, -0.2) is 13.6 Å². The number of fused-ring (bicyclic) bond motifs is 1. The number of β-amino-alcohol motifs (C(OH)–C–C–N with tert-alkyl or cyclic N) is 1. The molecule has 0 amide bonds. The molecule has 6 heteroatoms. The standard InChI is InChI=1S/C16H20N2O3S/c17-22(20,21)15-7-8-18(10-15)11-16(19)14-6-5-12-3-1-2-4-13(12)9-14/h1-6,9,15-16,19H,7-8,10-11H2,(H2,17,20,21). The van der Waals surface area contributed by atoms with E-state index in [2.05, 4.69) is 0 Å². The van der Waals surface area contributed by atoms with Crippen LogP contribution in [0.4, 0.5) is 0 Å². The Balaban J connectivity index is 1.70. The zero-order chi connectivity index (χ0) is 15.7. The minimum atomic E-state index is -3.49. The Kier molecular flexibility index (Phi) is 4.18. The molecule has 0 bridgehead atoms. The molecule has 3 rings (SSSR count). The van der Waals surface area contributed by atoms with Crippen molar-refractivity contribution in [1.29, 1.82) is 0 Å². The summed E-state index contributed by atoms with van der Waals surface area (Å²) in [5, 5.41) is 17.3. The molecule has 0 saturated carbocycles. The fourth-order valence-corrected chi connectivity index (χ4v) is 3.85. The molecule has 1 heterocycles. The predicted octanol–water partition coefficient (Wildman–Crippen LogP) is 1.24. The molecule has 2 atom stereocenters. The molecule has 1 aliphatic heterocycles. The first-order valence-corrected chi connectivity index (χ1v) is 8.95. The molecule has 1 fully saturated rings. The predicted molar refractivity (Wildman–Crippen MR) is 86.9 cm³/mol. The zero-order valence-corrected chi connectivity index (χ0v) is 13.0. The number of benzene rings is 2. The van der Waals surface area contributed by atoms with Gasteiger partial charge in [0.1, 0.15) is 0 Å². The number of primary sulfonamides is 1. The molecular formula is C16H20N2O3S. The highest BCUT2D eigenvalue weighted by atomic mass is 32.2. The third kappa shape index (κ3) is 3.30. The Morgan fingerprint density at radius 1 is 1.23 bits per heavy atom. The Labute approximate surface area is 130 Å². The van der Waals surface area contributed by atoms with Crippen molar-refractivity contribution in [3.63, 3.8) is 0 Å². The average Bonchev–Trinajstić information content (AvgIpc) is 2.95. The van der Waals surface area contributed by atoms with E-state index < -0.39 is 21.4 Å². The lowest BCUT2D eigenvalue weighted by Crippen LogP contribution is -2.33. The lowest BCUT2D eigenvalue weighted by molar-refractivity contribution is 0.126. The molecule has 2 aromatic rings. The third-order valence-electron chi connectivity index (χ3n) is 4.28. The second-order valence-corrected chi connectivity index (χ2v) is 7.73. The summed E-state index contributed by atoms with van der Waals surface area (Å²) in [5.41, 5.74) is 0.845. The summed E-state index contributed by atoms with van der Waals surface area (Å²) in [5.74, 6) is 0. The maximum Gasteiger partial charge on any atom is 0.213 e. The molecular weight excluding hydrogens is 300 g/mol. The van der Waals surface area contributed by atoms with Gasteiger partial charge in [-0.2, -0.15) is 0 Å². The second kappa shape index (κ2) is 5.96. The molecule has 2 unspecified atom stereocenters. The summed E-state index contributed by atoms with van der Waals surface area (Å²) in [6, 6.07) is 13.9. The fourth-order valence-electron chi connectivity index (χ4n) is 3.00. The van der Waals surface area contributed by atoms with Gasteiger partial charge in [0.05, 0.1) is 11.4 Å². The smallest absolute Gasteiger partial charge is 0.213 e. The molecule has 5 nitrogen and oxygen atoms in total. The number of hydrogen-bond donors (Lipinski definition) is 2. The molecule has 2 aromatic carbocycles. The van der Waals surface area contributed by atoms with Gasteiger partial charge in [0.25, 0.3) is 0 Å².